The maximum absolute atomic E-state index is 5.60. The number of hydrogen-bond donors (Lipinski definition) is 0. The Hall–Kier alpha value is -1.15. The Bertz CT molecular complexity index is 509. The molecule has 1 aliphatic rings. The molecule has 19 heavy (non-hydrogen) atoms. The van der Waals surface area contributed by atoms with Gasteiger partial charge in [-0.3, -0.25) is 0 Å². The molecule has 1 nitrogen and oxygen atoms in total. The summed E-state index contributed by atoms with van der Waals surface area (Å²) in [4.78, 5) is 3.22. The molecule has 1 aromatic carbocycles. The third-order valence-corrected chi connectivity index (χ3v) is 3.95. The van der Waals surface area contributed by atoms with Crippen LogP contribution in [0.5, 0.6) is 0 Å². The van der Waals surface area contributed by atoms with E-state index >= 15 is 0 Å². The molecule has 0 fully saturated rings. The lowest BCUT2D eigenvalue weighted by Crippen LogP contribution is -2.36. The molecule has 1 heterocycles. The predicted octanol–water partition coefficient (Wildman–Crippen LogP) is 5.28. The molecule has 1 aromatic rings. The lowest BCUT2D eigenvalue weighted by Gasteiger charge is -2.36. The van der Waals surface area contributed by atoms with E-state index in [2.05, 4.69) is 69.9 Å². The number of anilines is 1. The van der Waals surface area contributed by atoms with E-state index in [-0.39, 0.29) is 5.41 Å². The van der Waals surface area contributed by atoms with E-state index < -0.39 is 0 Å². The van der Waals surface area contributed by atoms with Crippen LogP contribution in [0.3, 0.4) is 0 Å². The Morgan fingerprint density at radius 1 is 1.16 bits per heavy atom. The Morgan fingerprint density at radius 3 is 2.21 bits per heavy atom. The second-order valence-corrected chi connectivity index (χ2v) is 6.90. The molecule has 2 heteroatoms. The maximum atomic E-state index is 5.60. The van der Waals surface area contributed by atoms with E-state index in [1.165, 1.54) is 16.9 Å². The lowest BCUT2D eigenvalue weighted by molar-refractivity contribution is 0.491. The molecule has 0 N–H and O–H groups in total. The van der Waals surface area contributed by atoms with Gasteiger partial charge in [-0.1, -0.05) is 58.1 Å². The fourth-order valence-electron chi connectivity index (χ4n) is 2.70. The topological polar surface area (TPSA) is 3.24 Å². The zero-order valence-electron chi connectivity index (χ0n) is 12.5. The van der Waals surface area contributed by atoms with Crippen molar-refractivity contribution in [2.75, 3.05) is 4.90 Å². The van der Waals surface area contributed by atoms with Gasteiger partial charge in [0, 0.05) is 17.8 Å². The van der Waals surface area contributed by atoms with Crippen LogP contribution in [0.1, 0.15) is 52.5 Å². The monoisotopic (exact) mass is 273 g/mol. The van der Waals surface area contributed by atoms with Crippen LogP contribution in [0.15, 0.2) is 36.0 Å². The quantitative estimate of drug-likeness (QED) is 0.675. The fraction of sp³-hybridized carbons (Fsp3) is 0.471. The van der Waals surface area contributed by atoms with E-state index in [0.29, 0.717) is 5.92 Å². The van der Waals surface area contributed by atoms with Gasteiger partial charge in [0.2, 0.25) is 0 Å². The van der Waals surface area contributed by atoms with Gasteiger partial charge < -0.3 is 4.90 Å². The van der Waals surface area contributed by atoms with Crippen LogP contribution in [-0.4, -0.2) is 4.99 Å². The lowest BCUT2D eigenvalue weighted by atomic mass is 9.85. The third kappa shape index (κ3) is 3.06. The summed E-state index contributed by atoms with van der Waals surface area (Å²) in [5.74, 6) is 0.568. The van der Waals surface area contributed by atoms with Gasteiger partial charge in [-0.2, -0.15) is 0 Å². The molecule has 0 bridgehead atoms. The van der Waals surface area contributed by atoms with Crippen molar-refractivity contribution in [3.63, 3.8) is 0 Å². The molecule has 0 aromatic heterocycles. The van der Waals surface area contributed by atoms with Crippen LogP contribution in [0, 0.1) is 5.41 Å². The van der Waals surface area contributed by atoms with Gasteiger partial charge in [0.25, 0.3) is 0 Å². The molecule has 0 saturated carbocycles. The summed E-state index contributed by atoms with van der Waals surface area (Å²) >= 11 is 5.60. The first-order chi connectivity index (χ1) is 8.80. The summed E-state index contributed by atoms with van der Waals surface area (Å²) in [5.41, 5.74) is 3.96. The molecule has 1 aliphatic heterocycles. The first-order valence-electron chi connectivity index (χ1n) is 6.92. The molecular weight excluding hydrogens is 250 g/mol. The van der Waals surface area contributed by atoms with Crippen molar-refractivity contribution < 1.29 is 0 Å². The Morgan fingerprint density at radius 2 is 1.74 bits per heavy atom. The molecular formula is C17H23NS. The molecule has 0 saturated heterocycles. The Balaban J connectivity index is 2.34. The van der Waals surface area contributed by atoms with Gasteiger partial charge >= 0.3 is 0 Å². The summed E-state index contributed by atoms with van der Waals surface area (Å²) in [6.07, 6.45) is 3.25. The highest BCUT2D eigenvalue weighted by atomic mass is 32.1. The molecule has 102 valence electrons. The van der Waals surface area contributed by atoms with Crippen LogP contribution in [-0.2, 0) is 0 Å². The molecule has 0 atom stereocenters. The van der Waals surface area contributed by atoms with Crippen LogP contribution in [0.4, 0.5) is 5.69 Å². The average molecular weight is 273 g/mol. The molecule has 2 rings (SSSR count). The van der Waals surface area contributed by atoms with Crippen molar-refractivity contribution in [3.05, 3.63) is 41.6 Å². The molecule has 0 unspecified atom stereocenters. The number of hydrogen-bond acceptors (Lipinski definition) is 1. The van der Waals surface area contributed by atoms with Crippen molar-refractivity contribution in [3.8, 4) is 0 Å². The van der Waals surface area contributed by atoms with E-state index in [0.717, 1.165) is 11.4 Å². The fourth-order valence-corrected chi connectivity index (χ4v) is 3.32. The van der Waals surface area contributed by atoms with Gasteiger partial charge in [-0.25, -0.2) is 0 Å². The van der Waals surface area contributed by atoms with Gasteiger partial charge in [-0.15, -0.1) is 0 Å². The largest absolute Gasteiger partial charge is 0.309 e. The van der Waals surface area contributed by atoms with Crippen LogP contribution < -0.4 is 4.90 Å². The number of thiocarbonyl (C=S) groups is 1. The van der Waals surface area contributed by atoms with Crippen LogP contribution >= 0.6 is 12.2 Å². The van der Waals surface area contributed by atoms with Gasteiger partial charge in [0.15, 0.2) is 0 Å². The number of nitrogens with zero attached hydrogens (tertiary/aromatic N) is 1. The van der Waals surface area contributed by atoms with Gasteiger partial charge in [0.1, 0.15) is 0 Å². The zero-order valence-corrected chi connectivity index (χ0v) is 13.3. The smallest absolute Gasteiger partial charge is 0.0875 e. The second kappa shape index (κ2) is 5.09. The molecule has 0 spiro atoms. The van der Waals surface area contributed by atoms with Crippen molar-refractivity contribution in [1.82, 2.24) is 0 Å². The van der Waals surface area contributed by atoms with Gasteiger partial charge in [0.05, 0.1) is 4.99 Å². The highest BCUT2D eigenvalue weighted by Crippen LogP contribution is 2.35. The highest BCUT2D eigenvalue weighted by molar-refractivity contribution is 7.80. The minimum Gasteiger partial charge on any atom is -0.309 e. The van der Waals surface area contributed by atoms with Gasteiger partial charge in [-0.05, 0) is 36.0 Å². The third-order valence-electron chi connectivity index (χ3n) is 3.63. The summed E-state index contributed by atoms with van der Waals surface area (Å²) in [5, 5.41) is 0. The molecule has 0 aliphatic carbocycles. The van der Waals surface area contributed by atoms with E-state index in [1.807, 2.05) is 0 Å². The van der Waals surface area contributed by atoms with E-state index in [4.69, 9.17) is 12.2 Å². The predicted molar refractivity (Wildman–Crippen MR) is 87.8 cm³/mol. The highest BCUT2D eigenvalue weighted by Gasteiger charge is 2.28. The molecule has 0 radical (unpaired) electrons. The summed E-state index contributed by atoms with van der Waals surface area (Å²) in [7, 11) is 0. The minimum atomic E-state index is 0.176. The minimum absolute atomic E-state index is 0.176. The maximum Gasteiger partial charge on any atom is 0.0875 e. The summed E-state index contributed by atoms with van der Waals surface area (Å²) < 4.78 is 0. The second-order valence-electron chi connectivity index (χ2n) is 6.43. The number of allylic oxidation sites excluding steroid dienone is 2. The Labute approximate surface area is 122 Å². The summed E-state index contributed by atoms with van der Waals surface area (Å²) in [6.45, 7) is 11.1. The summed E-state index contributed by atoms with van der Waals surface area (Å²) in [6, 6.07) is 8.76. The first kappa shape index (κ1) is 14.3. The van der Waals surface area contributed by atoms with E-state index in [1.54, 1.807) is 0 Å². The van der Waals surface area contributed by atoms with Crippen molar-refractivity contribution in [2.45, 2.75) is 47.0 Å². The number of benzene rings is 1. The van der Waals surface area contributed by atoms with E-state index in [9.17, 15) is 0 Å². The average Bonchev–Trinajstić information content (AvgIpc) is 2.26. The van der Waals surface area contributed by atoms with Crippen LogP contribution in [0.2, 0.25) is 0 Å². The van der Waals surface area contributed by atoms with Crippen molar-refractivity contribution in [2.24, 2.45) is 5.41 Å². The number of rotatable bonds is 2. The van der Waals surface area contributed by atoms with Crippen molar-refractivity contribution in [1.29, 1.82) is 0 Å². The SMILES string of the molecule is CC1=CC(C)(C)CC(=S)N1c1ccc(C(C)C)cc1. The van der Waals surface area contributed by atoms with Crippen molar-refractivity contribution >= 4 is 22.9 Å². The first-order valence-corrected chi connectivity index (χ1v) is 7.33. The van der Waals surface area contributed by atoms with Crippen LogP contribution in [0.25, 0.3) is 0 Å². The molecule has 0 amide bonds. The Kier molecular flexibility index (Phi) is 3.82. The zero-order chi connectivity index (χ0) is 14.2. The normalized spacial score (nSPS) is 18.7. The standard InChI is InChI=1S/C17H23NS/c1-12(2)14-6-8-15(9-7-14)18-13(3)10-17(4,5)11-16(18)19/h6-10,12H,11H2,1-5H3.